The summed E-state index contributed by atoms with van der Waals surface area (Å²) >= 11 is 1.45. The topological polar surface area (TPSA) is 72.0 Å². The molecule has 0 aliphatic carbocycles. The number of amides is 2. The minimum absolute atomic E-state index is 0.0845. The molecule has 1 aliphatic rings. The molecular weight excluding hydrogens is 450 g/mol. The molecule has 8 heteroatoms. The maximum atomic E-state index is 13.0. The Hall–Kier alpha value is -3.39. The van der Waals surface area contributed by atoms with Crippen LogP contribution in [0.1, 0.15) is 29.4 Å². The van der Waals surface area contributed by atoms with Gasteiger partial charge in [-0.2, -0.15) is 0 Å². The van der Waals surface area contributed by atoms with E-state index in [0.717, 1.165) is 27.6 Å². The summed E-state index contributed by atoms with van der Waals surface area (Å²) in [5.74, 6) is 1.66. The van der Waals surface area contributed by atoms with Crippen LogP contribution in [-0.4, -0.2) is 66.5 Å². The van der Waals surface area contributed by atoms with Crippen molar-refractivity contribution in [3.8, 4) is 22.1 Å². The molecule has 1 fully saturated rings. The fourth-order valence-corrected chi connectivity index (χ4v) is 4.69. The number of carbonyl (C=O) groups is 2. The first kappa shape index (κ1) is 23.8. The van der Waals surface area contributed by atoms with Crippen molar-refractivity contribution in [2.45, 2.75) is 19.8 Å². The second-order valence-corrected chi connectivity index (χ2v) is 8.87. The van der Waals surface area contributed by atoms with E-state index >= 15 is 0 Å². The number of hydrogen-bond acceptors (Lipinski definition) is 6. The van der Waals surface area contributed by atoms with Gasteiger partial charge in [0.15, 0.2) is 0 Å². The van der Waals surface area contributed by atoms with Crippen molar-refractivity contribution in [2.24, 2.45) is 0 Å². The van der Waals surface area contributed by atoms with Gasteiger partial charge in [0.25, 0.3) is 5.91 Å². The number of piperazine rings is 1. The maximum Gasteiger partial charge on any atom is 0.273 e. The number of aryl methyl sites for hydroxylation is 1. The first-order chi connectivity index (χ1) is 16.6. The molecule has 0 spiro atoms. The minimum Gasteiger partial charge on any atom is -0.497 e. The largest absolute Gasteiger partial charge is 0.497 e. The molecule has 0 saturated carbocycles. The summed E-state index contributed by atoms with van der Waals surface area (Å²) < 4.78 is 10.7. The van der Waals surface area contributed by atoms with Crippen LogP contribution >= 0.6 is 11.3 Å². The lowest BCUT2D eigenvalue weighted by Crippen LogP contribution is -2.50. The molecule has 34 heavy (non-hydrogen) atoms. The molecule has 7 nitrogen and oxygen atoms in total. The van der Waals surface area contributed by atoms with Crippen LogP contribution in [0.3, 0.4) is 0 Å². The van der Waals surface area contributed by atoms with E-state index in [0.29, 0.717) is 51.3 Å². The highest BCUT2D eigenvalue weighted by Crippen LogP contribution is 2.26. The van der Waals surface area contributed by atoms with Crippen LogP contribution in [-0.2, 0) is 11.2 Å². The molecular formula is C26H29N3O4S. The second-order valence-electron chi connectivity index (χ2n) is 8.02. The van der Waals surface area contributed by atoms with E-state index in [1.807, 2.05) is 60.4 Å². The van der Waals surface area contributed by atoms with Gasteiger partial charge in [0.05, 0.1) is 13.7 Å². The van der Waals surface area contributed by atoms with Gasteiger partial charge >= 0.3 is 0 Å². The zero-order valence-electron chi connectivity index (χ0n) is 19.5. The second kappa shape index (κ2) is 11.2. The van der Waals surface area contributed by atoms with Gasteiger partial charge in [-0.25, -0.2) is 4.98 Å². The lowest BCUT2D eigenvalue weighted by Gasteiger charge is -2.34. The summed E-state index contributed by atoms with van der Waals surface area (Å²) in [6.07, 6.45) is 1.15. The molecule has 0 bridgehead atoms. The van der Waals surface area contributed by atoms with Gasteiger partial charge in [0.2, 0.25) is 5.91 Å². The summed E-state index contributed by atoms with van der Waals surface area (Å²) in [6, 6.07) is 15.5. The first-order valence-electron chi connectivity index (χ1n) is 11.5. The predicted molar refractivity (Wildman–Crippen MR) is 133 cm³/mol. The Bertz CT molecular complexity index is 1100. The summed E-state index contributed by atoms with van der Waals surface area (Å²) in [5.41, 5.74) is 2.52. The van der Waals surface area contributed by atoms with Gasteiger partial charge in [-0.3, -0.25) is 9.59 Å². The van der Waals surface area contributed by atoms with Crippen LogP contribution in [0.5, 0.6) is 11.5 Å². The minimum atomic E-state index is -0.0845. The summed E-state index contributed by atoms with van der Waals surface area (Å²) in [5, 5.41) is 2.61. The van der Waals surface area contributed by atoms with Gasteiger partial charge < -0.3 is 19.3 Å². The summed E-state index contributed by atoms with van der Waals surface area (Å²) in [7, 11) is 1.64. The number of methoxy groups -OCH3 is 1. The number of ether oxygens (including phenoxy) is 2. The summed E-state index contributed by atoms with van der Waals surface area (Å²) in [4.78, 5) is 33.8. The monoisotopic (exact) mass is 479 g/mol. The van der Waals surface area contributed by atoms with Crippen molar-refractivity contribution in [1.29, 1.82) is 0 Å². The molecule has 2 heterocycles. The van der Waals surface area contributed by atoms with E-state index in [9.17, 15) is 9.59 Å². The van der Waals surface area contributed by atoms with Gasteiger partial charge in [0.1, 0.15) is 22.2 Å². The average molecular weight is 480 g/mol. The molecule has 0 atom stereocenters. The molecule has 1 saturated heterocycles. The van der Waals surface area contributed by atoms with Crippen molar-refractivity contribution >= 4 is 23.2 Å². The van der Waals surface area contributed by atoms with Crippen LogP contribution in [0, 0.1) is 0 Å². The average Bonchev–Trinajstić information content (AvgIpc) is 3.38. The Balaban J connectivity index is 1.27. The third-order valence-corrected chi connectivity index (χ3v) is 6.73. The van der Waals surface area contributed by atoms with E-state index < -0.39 is 0 Å². The van der Waals surface area contributed by atoms with Crippen molar-refractivity contribution in [3.05, 3.63) is 65.2 Å². The normalized spacial score (nSPS) is 13.6. The van der Waals surface area contributed by atoms with Crippen LogP contribution in [0.4, 0.5) is 0 Å². The van der Waals surface area contributed by atoms with Crippen LogP contribution in [0.15, 0.2) is 53.9 Å². The van der Waals surface area contributed by atoms with Gasteiger partial charge in [-0.05, 0) is 55.3 Å². The van der Waals surface area contributed by atoms with E-state index in [4.69, 9.17) is 9.47 Å². The Morgan fingerprint density at radius 3 is 2.24 bits per heavy atom. The fraction of sp³-hybridized carbons (Fsp3) is 0.346. The predicted octanol–water partition coefficient (Wildman–Crippen LogP) is 4.13. The third kappa shape index (κ3) is 5.75. The van der Waals surface area contributed by atoms with Crippen LogP contribution < -0.4 is 9.47 Å². The molecule has 3 aromatic rings. The van der Waals surface area contributed by atoms with E-state index in [2.05, 4.69) is 4.98 Å². The van der Waals surface area contributed by atoms with E-state index in [-0.39, 0.29) is 11.8 Å². The summed E-state index contributed by atoms with van der Waals surface area (Å²) in [6.45, 7) is 4.69. The number of aromatic nitrogens is 1. The molecule has 0 unspecified atom stereocenters. The standard InChI is InChI=1S/C26H29N3O4S/c1-3-33-22-11-7-20(8-12-22)25-27-23(18-34-25)26(31)29-16-14-28(15-17-29)24(30)13-6-19-4-9-21(32-2)10-5-19/h4-5,7-12,18H,3,6,13-17H2,1-2H3. The molecule has 0 N–H and O–H groups in total. The highest BCUT2D eigenvalue weighted by molar-refractivity contribution is 7.13. The number of thiazole rings is 1. The number of carbonyl (C=O) groups excluding carboxylic acids is 2. The SMILES string of the molecule is CCOc1ccc(-c2nc(C(=O)N3CCN(C(=O)CCc4ccc(OC)cc4)CC3)cs2)cc1. The molecule has 178 valence electrons. The number of hydrogen-bond donors (Lipinski definition) is 0. The van der Waals surface area contributed by atoms with E-state index in [1.54, 1.807) is 17.4 Å². The molecule has 1 aromatic heterocycles. The molecule has 2 aromatic carbocycles. The maximum absolute atomic E-state index is 13.0. The first-order valence-corrected chi connectivity index (χ1v) is 12.3. The van der Waals surface area contributed by atoms with Gasteiger partial charge in [0, 0.05) is 43.5 Å². The van der Waals surface area contributed by atoms with Crippen LogP contribution in [0.2, 0.25) is 0 Å². The van der Waals surface area contributed by atoms with Crippen molar-refractivity contribution < 1.29 is 19.1 Å². The van der Waals surface area contributed by atoms with E-state index in [1.165, 1.54) is 11.3 Å². The molecule has 1 aliphatic heterocycles. The van der Waals surface area contributed by atoms with Gasteiger partial charge in [-0.15, -0.1) is 11.3 Å². The molecule has 2 amide bonds. The smallest absolute Gasteiger partial charge is 0.273 e. The fourth-order valence-electron chi connectivity index (χ4n) is 3.89. The Morgan fingerprint density at radius 1 is 0.941 bits per heavy atom. The van der Waals surface area contributed by atoms with Crippen LogP contribution in [0.25, 0.3) is 10.6 Å². The third-order valence-electron chi connectivity index (χ3n) is 5.84. The quantitative estimate of drug-likeness (QED) is 0.486. The molecule has 4 rings (SSSR count). The molecule has 0 radical (unpaired) electrons. The number of nitrogens with zero attached hydrogens (tertiary/aromatic N) is 3. The highest BCUT2D eigenvalue weighted by Gasteiger charge is 2.26. The Kier molecular flexibility index (Phi) is 7.80. The Labute approximate surface area is 203 Å². The Morgan fingerprint density at radius 2 is 1.59 bits per heavy atom. The highest BCUT2D eigenvalue weighted by atomic mass is 32.1. The number of benzene rings is 2. The number of rotatable bonds is 8. The van der Waals surface area contributed by atoms with Crippen molar-refractivity contribution in [2.75, 3.05) is 39.9 Å². The lowest BCUT2D eigenvalue weighted by molar-refractivity contribution is -0.132. The van der Waals surface area contributed by atoms with Crippen molar-refractivity contribution in [3.63, 3.8) is 0 Å². The van der Waals surface area contributed by atoms with Gasteiger partial charge in [-0.1, -0.05) is 12.1 Å². The zero-order valence-corrected chi connectivity index (χ0v) is 20.3. The van der Waals surface area contributed by atoms with Crippen molar-refractivity contribution in [1.82, 2.24) is 14.8 Å². The lowest BCUT2D eigenvalue weighted by atomic mass is 10.1. The zero-order chi connectivity index (χ0) is 23.9.